The smallest absolute Gasteiger partial charge is 0.151 e. The van der Waals surface area contributed by atoms with E-state index in [9.17, 15) is 0 Å². The third kappa shape index (κ3) is 3.85. The Balaban J connectivity index is 1.58. The van der Waals surface area contributed by atoms with Crippen molar-refractivity contribution >= 4 is 11.6 Å². The van der Waals surface area contributed by atoms with Gasteiger partial charge in [0.15, 0.2) is 11.6 Å². The fraction of sp³-hybridized carbons (Fsp3) is 0.474. The lowest BCUT2D eigenvalue weighted by molar-refractivity contribution is 0.248. The fourth-order valence-electron chi connectivity index (χ4n) is 3.07. The number of aromatic nitrogens is 2. The van der Waals surface area contributed by atoms with Crippen molar-refractivity contribution in [2.45, 2.75) is 20.4 Å². The predicted octanol–water partition coefficient (Wildman–Crippen LogP) is 2.48. The summed E-state index contributed by atoms with van der Waals surface area (Å²) in [6.07, 6.45) is 0. The highest BCUT2D eigenvalue weighted by Crippen LogP contribution is 2.18. The Morgan fingerprint density at radius 3 is 2.33 bits per heavy atom. The van der Waals surface area contributed by atoms with Crippen molar-refractivity contribution in [1.29, 1.82) is 0 Å². The first-order chi connectivity index (χ1) is 11.5. The van der Waals surface area contributed by atoms with Gasteiger partial charge in [0.2, 0.25) is 0 Å². The van der Waals surface area contributed by atoms with E-state index in [1.807, 2.05) is 25.1 Å². The van der Waals surface area contributed by atoms with Crippen LogP contribution in [0.5, 0.6) is 0 Å². The molecule has 0 spiro atoms. The summed E-state index contributed by atoms with van der Waals surface area (Å²) in [6, 6.07) is 10.8. The summed E-state index contributed by atoms with van der Waals surface area (Å²) < 4.78 is 0. The number of hydrogen-bond donors (Lipinski definition) is 0. The fourth-order valence-corrected chi connectivity index (χ4v) is 3.07. The highest BCUT2D eigenvalue weighted by atomic mass is 15.3. The maximum absolute atomic E-state index is 4.37. The summed E-state index contributed by atoms with van der Waals surface area (Å²) in [5.74, 6) is 1.87. The monoisotopic (exact) mass is 325 g/mol. The summed E-state index contributed by atoms with van der Waals surface area (Å²) in [4.78, 5) is 6.82. The number of benzene rings is 1. The number of rotatable bonds is 4. The van der Waals surface area contributed by atoms with Gasteiger partial charge in [-0.15, -0.1) is 10.2 Å². The van der Waals surface area contributed by atoms with E-state index in [0.717, 1.165) is 44.4 Å². The van der Waals surface area contributed by atoms with Crippen LogP contribution in [-0.2, 0) is 6.54 Å². The SMILES string of the molecule is Cc1ccc(C)c(CN2CCN(c3ccc(N(C)C)nn3)CC2)c1. The zero-order valence-corrected chi connectivity index (χ0v) is 15.2. The van der Waals surface area contributed by atoms with Crippen LogP contribution in [0, 0.1) is 13.8 Å². The summed E-state index contributed by atoms with van der Waals surface area (Å²) in [5, 5.41) is 8.66. The lowest BCUT2D eigenvalue weighted by Gasteiger charge is -2.35. The van der Waals surface area contributed by atoms with Gasteiger partial charge in [-0.1, -0.05) is 23.8 Å². The van der Waals surface area contributed by atoms with Gasteiger partial charge in [0.1, 0.15) is 0 Å². The van der Waals surface area contributed by atoms with Gasteiger partial charge in [0, 0.05) is 46.8 Å². The Kier molecular flexibility index (Phi) is 5.00. The Morgan fingerprint density at radius 1 is 0.958 bits per heavy atom. The van der Waals surface area contributed by atoms with E-state index in [1.165, 1.54) is 16.7 Å². The zero-order valence-electron chi connectivity index (χ0n) is 15.2. The van der Waals surface area contributed by atoms with Crippen molar-refractivity contribution in [3.63, 3.8) is 0 Å². The predicted molar refractivity (Wildman–Crippen MR) is 99.8 cm³/mol. The van der Waals surface area contributed by atoms with Gasteiger partial charge < -0.3 is 9.80 Å². The van der Waals surface area contributed by atoms with Crippen molar-refractivity contribution in [1.82, 2.24) is 15.1 Å². The van der Waals surface area contributed by atoms with E-state index < -0.39 is 0 Å². The molecule has 5 heteroatoms. The molecule has 1 fully saturated rings. The molecule has 24 heavy (non-hydrogen) atoms. The van der Waals surface area contributed by atoms with Crippen molar-refractivity contribution in [3.05, 3.63) is 47.0 Å². The largest absolute Gasteiger partial charge is 0.361 e. The number of anilines is 2. The second-order valence-corrected chi connectivity index (χ2v) is 6.84. The first kappa shape index (κ1) is 16.7. The highest BCUT2D eigenvalue weighted by molar-refractivity contribution is 5.44. The Morgan fingerprint density at radius 2 is 1.71 bits per heavy atom. The van der Waals surface area contributed by atoms with Crippen LogP contribution in [0.3, 0.4) is 0 Å². The van der Waals surface area contributed by atoms with E-state index in [2.05, 4.69) is 58.1 Å². The lowest BCUT2D eigenvalue weighted by Crippen LogP contribution is -2.46. The molecule has 5 nitrogen and oxygen atoms in total. The average Bonchev–Trinajstić information content (AvgIpc) is 2.59. The minimum atomic E-state index is 0.896. The zero-order chi connectivity index (χ0) is 17.1. The van der Waals surface area contributed by atoms with Crippen molar-refractivity contribution in [3.8, 4) is 0 Å². The van der Waals surface area contributed by atoms with Gasteiger partial charge in [0.05, 0.1) is 0 Å². The molecule has 2 aromatic rings. The molecule has 0 unspecified atom stereocenters. The molecule has 0 amide bonds. The van der Waals surface area contributed by atoms with Gasteiger partial charge in [-0.2, -0.15) is 0 Å². The summed E-state index contributed by atoms with van der Waals surface area (Å²) in [5.41, 5.74) is 4.16. The van der Waals surface area contributed by atoms with E-state index >= 15 is 0 Å². The molecule has 1 aromatic carbocycles. The maximum Gasteiger partial charge on any atom is 0.151 e. The van der Waals surface area contributed by atoms with Gasteiger partial charge in [-0.3, -0.25) is 4.90 Å². The Hall–Kier alpha value is -2.14. The number of nitrogens with zero attached hydrogens (tertiary/aromatic N) is 5. The molecule has 1 saturated heterocycles. The standard InChI is InChI=1S/C19H27N5/c1-15-5-6-16(2)17(13-15)14-23-9-11-24(12-10-23)19-8-7-18(20-21-19)22(3)4/h5-8,13H,9-12,14H2,1-4H3. The molecule has 0 radical (unpaired) electrons. The number of piperazine rings is 1. The summed E-state index contributed by atoms with van der Waals surface area (Å²) in [6.45, 7) is 9.52. The molecule has 1 aromatic heterocycles. The minimum Gasteiger partial charge on any atom is -0.361 e. The lowest BCUT2D eigenvalue weighted by atomic mass is 10.0. The third-order valence-corrected chi connectivity index (χ3v) is 4.69. The van der Waals surface area contributed by atoms with E-state index in [0.29, 0.717) is 0 Å². The van der Waals surface area contributed by atoms with Crippen LogP contribution >= 0.6 is 0 Å². The van der Waals surface area contributed by atoms with Crippen molar-refractivity contribution < 1.29 is 0 Å². The van der Waals surface area contributed by atoms with Crippen LogP contribution in [-0.4, -0.2) is 55.4 Å². The van der Waals surface area contributed by atoms with E-state index in [4.69, 9.17) is 0 Å². The normalized spacial score (nSPS) is 15.6. The second kappa shape index (κ2) is 7.18. The van der Waals surface area contributed by atoms with E-state index in [-0.39, 0.29) is 0 Å². The van der Waals surface area contributed by atoms with Crippen LogP contribution in [0.1, 0.15) is 16.7 Å². The number of aryl methyl sites for hydroxylation is 2. The molecule has 0 bridgehead atoms. The van der Waals surface area contributed by atoms with E-state index in [1.54, 1.807) is 0 Å². The highest BCUT2D eigenvalue weighted by Gasteiger charge is 2.19. The van der Waals surface area contributed by atoms with Crippen LogP contribution in [0.2, 0.25) is 0 Å². The quantitative estimate of drug-likeness (QED) is 0.863. The molecule has 0 aliphatic carbocycles. The minimum absolute atomic E-state index is 0.896. The van der Waals surface area contributed by atoms with Crippen molar-refractivity contribution in [2.24, 2.45) is 0 Å². The third-order valence-electron chi connectivity index (χ3n) is 4.69. The van der Waals surface area contributed by atoms with Crippen LogP contribution in [0.25, 0.3) is 0 Å². The first-order valence-electron chi connectivity index (χ1n) is 8.57. The average molecular weight is 325 g/mol. The molecule has 0 atom stereocenters. The molecule has 2 heterocycles. The molecule has 0 N–H and O–H groups in total. The Labute approximate surface area is 144 Å². The molecule has 3 rings (SSSR count). The molecule has 128 valence electrons. The summed E-state index contributed by atoms with van der Waals surface area (Å²) >= 11 is 0. The molecular formula is C19H27N5. The van der Waals surface area contributed by atoms with Crippen LogP contribution in [0.4, 0.5) is 11.6 Å². The van der Waals surface area contributed by atoms with Crippen LogP contribution < -0.4 is 9.80 Å². The molecule has 1 aliphatic rings. The van der Waals surface area contributed by atoms with Gasteiger partial charge in [-0.05, 0) is 37.1 Å². The summed E-state index contributed by atoms with van der Waals surface area (Å²) in [7, 11) is 3.96. The van der Waals surface area contributed by atoms with Gasteiger partial charge >= 0.3 is 0 Å². The molecule has 1 aliphatic heterocycles. The van der Waals surface area contributed by atoms with Crippen molar-refractivity contribution in [2.75, 3.05) is 50.1 Å². The number of hydrogen-bond acceptors (Lipinski definition) is 5. The molecule has 0 saturated carbocycles. The van der Waals surface area contributed by atoms with Crippen LogP contribution in [0.15, 0.2) is 30.3 Å². The second-order valence-electron chi connectivity index (χ2n) is 6.84. The Bertz CT molecular complexity index is 673. The molecular weight excluding hydrogens is 298 g/mol. The van der Waals surface area contributed by atoms with Gasteiger partial charge in [0.25, 0.3) is 0 Å². The topological polar surface area (TPSA) is 35.5 Å². The first-order valence-corrected chi connectivity index (χ1v) is 8.57. The van der Waals surface area contributed by atoms with Gasteiger partial charge in [-0.25, -0.2) is 0 Å². The maximum atomic E-state index is 4.37.